The monoisotopic (exact) mass is 709 g/mol. The molecule has 270 valence electrons. The van der Waals surface area contributed by atoms with Crippen LogP contribution in [0.25, 0.3) is 0 Å². The largest absolute Gasteiger partial charge is 0.469 e. The van der Waals surface area contributed by atoms with Gasteiger partial charge in [0.25, 0.3) is 0 Å². The van der Waals surface area contributed by atoms with Crippen molar-refractivity contribution in [2.24, 2.45) is 11.8 Å². The molecule has 4 rings (SSSR count). The van der Waals surface area contributed by atoms with Gasteiger partial charge in [0.2, 0.25) is 11.8 Å². The molecular formula is C36H48ClN7O6. The Bertz CT molecular complexity index is 1570. The lowest BCUT2D eigenvalue weighted by Gasteiger charge is -2.28. The summed E-state index contributed by atoms with van der Waals surface area (Å²) in [5.41, 5.74) is 3.89. The number of nitrogens with one attached hydrogen (secondary N) is 5. The van der Waals surface area contributed by atoms with Crippen LogP contribution in [-0.2, 0) is 36.9 Å². The van der Waals surface area contributed by atoms with Gasteiger partial charge in [-0.25, -0.2) is 4.79 Å². The van der Waals surface area contributed by atoms with E-state index < -0.39 is 17.7 Å². The van der Waals surface area contributed by atoms with Crippen molar-refractivity contribution in [1.29, 1.82) is 16.1 Å². The third kappa shape index (κ3) is 12.3. The average Bonchev–Trinajstić information content (AvgIpc) is 3.74. The molecule has 0 bridgehead atoms. The molecule has 50 heavy (non-hydrogen) atoms. The van der Waals surface area contributed by atoms with Gasteiger partial charge >= 0.3 is 12.1 Å². The molecule has 0 spiro atoms. The first-order valence-electron chi connectivity index (χ1n) is 16.2. The molecule has 14 heteroatoms. The zero-order valence-electron chi connectivity index (χ0n) is 29.4. The quantitative estimate of drug-likeness (QED) is 0.189. The van der Waals surface area contributed by atoms with E-state index in [0.29, 0.717) is 43.9 Å². The maximum Gasteiger partial charge on any atom is 0.411 e. The number of benzene rings is 2. The van der Waals surface area contributed by atoms with E-state index in [-0.39, 0.29) is 54.6 Å². The van der Waals surface area contributed by atoms with Gasteiger partial charge in [0.15, 0.2) is 0 Å². The lowest BCUT2D eigenvalue weighted by atomic mass is 10.1. The fourth-order valence-electron chi connectivity index (χ4n) is 5.35. The van der Waals surface area contributed by atoms with Crippen molar-refractivity contribution in [3.63, 3.8) is 0 Å². The second-order valence-electron chi connectivity index (χ2n) is 13.2. The van der Waals surface area contributed by atoms with Crippen molar-refractivity contribution in [3.05, 3.63) is 70.8 Å². The van der Waals surface area contributed by atoms with Gasteiger partial charge in [-0.05, 0) is 69.7 Å². The first-order chi connectivity index (χ1) is 23.1. The summed E-state index contributed by atoms with van der Waals surface area (Å²) in [6.45, 7) is 10.1. The molecule has 5 N–H and O–H groups in total. The predicted octanol–water partition coefficient (Wildman–Crippen LogP) is 4.10. The number of esters is 1. The van der Waals surface area contributed by atoms with E-state index in [1.807, 2.05) is 48.5 Å². The van der Waals surface area contributed by atoms with Crippen LogP contribution in [0.3, 0.4) is 0 Å². The van der Waals surface area contributed by atoms with Gasteiger partial charge in [-0.2, -0.15) is 5.26 Å². The average molecular weight is 710 g/mol. The lowest BCUT2D eigenvalue weighted by Crippen LogP contribution is -2.47. The molecular weight excluding hydrogens is 662 g/mol. The second-order valence-corrected chi connectivity index (χ2v) is 13.2. The molecule has 3 amide bonds. The number of methoxy groups -OCH3 is 1. The Morgan fingerprint density at radius 1 is 0.900 bits per heavy atom. The van der Waals surface area contributed by atoms with Crippen LogP contribution < -0.4 is 16.0 Å². The Hall–Kier alpha value is -4.80. The normalized spacial score (nSPS) is 19.4. The van der Waals surface area contributed by atoms with E-state index in [9.17, 15) is 24.4 Å². The number of amides is 3. The van der Waals surface area contributed by atoms with Crippen LogP contribution >= 0.6 is 12.4 Å². The summed E-state index contributed by atoms with van der Waals surface area (Å²) in [4.78, 5) is 49.9. The first kappa shape index (κ1) is 41.4. The molecule has 2 saturated heterocycles. The zero-order chi connectivity index (χ0) is 36.3. The number of ether oxygens (including phenoxy) is 2. The molecule has 4 atom stereocenters. The number of carbonyl (C=O) groups is 4. The molecule has 2 heterocycles. The van der Waals surface area contributed by atoms with Gasteiger partial charge in [0, 0.05) is 37.6 Å². The van der Waals surface area contributed by atoms with Crippen LogP contribution in [0.15, 0.2) is 48.5 Å². The number of halogens is 1. The number of likely N-dealkylation sites (tertiary alicyclic amines) is 1. The number of hydrogen-bond donors (Lipinski definition) is 5. The fourth-order valence-corrected chi connectivity index (χ4v) is 5.35. The molecule has 2 aromatic carbocycles. The number of nitriles is 1. The number of rotatable bonds is 9. The van der Waals surface area contributed by atoms with Gasteiger partial charge in [-0.15, -0.1) is 12.4 Å². The summed E-state index contributed by atoms with van der Waals surface area (Å²) < 4.78 is 10.1. The fraction of sp³-hybridized carbons (Fsp3) is 0.472. The van der Waals surface area contributed by atoms with E-state index >= 15 is 0 Å². The van der Waals surface area contributed by atoms with Crippen molar-refractivity contribution in [1.82, 2.24) is 20.9 Å². The number of carbonyl (C=O) groups excluding carboxylic acids is 4. The molecule has 2 fully saturated rings. The van der Waals surface area contributed by atoms with Crippen molar-refractivity contribution >= 4 is 47.7 Å². The van der Waals surface area contributed by atoms with Crippen LogP contribution in [0.2, 0.25) is 0 Å². The summed E-state index contributed by atoms with van der Waals surface area (Å²) >= 11 is 0. The highest BCUT2D eigenvalue weighted by Crippen LogP contribution is 2.25. The smallest absolute Gasteiger partial charge is 0.411 e. The Labute approximate surface area is 299 Å². The third-order valence-electron chi connectivity index (χ3n) is 8.10. The number of hydrogen-bond acceptors (Lipinski definition) is 10. The maximum atomic E-state index is 12.6. The van der Waals surface area contributed by atoms with Crippen molar-refractivity contribution in [2.75, 3.05) is 20.2 Å². The Balaban J connectivity index is 0.000000347. The molecule has 0 aliphatic carbocycles. The van der Waals surface area contributed by atoms with Crippen LogP contribution in [0.5, 0.6) is 0 Å². The van der Waals surface area contributed by atoms with E-state index in [2.05, 4.69) is 22.0 Å². The van der Waals surface area contributed by atoms with Crippen molar-refractivity contribution in [3.8, 4) is 6.07 Å². The predicted molar refractivity (Wildman–Crippen MR) is 191 cm³/mol. The summed E-state index contributed by atoms with van der Waals surface area (Å²) in [7, 11) is 1.36. The molecule has 2 aliphatic rings. The highest BCUT2D eigenvalue weighted by Gasteiger charge is 2.41. The highest BCUT2D eigenvalue weighted by atomic mass is 35.5. The van der Waals surface area contributed by atoms with Crippen LogP contribution in [0.1, 0.15) is 69.7 Å². The Kier molecular flexibility index (Phi) is 15.6. The third-order valence-corrected chi connectivity index (χ3v) is 8.10. The summed E-state index contributed by atoms with van der Waals surface area (Å²) in [5.74, 6) is -1.33. The second kappa shape index (κ2) is 18.8. The molecule has 0 saturated carbocycles. The zero-order valence-corrected chi connectivity index (χ0v) is 30.2. The molecule has 2 aromatic rings. The minimum absolute atomic E-state index is 0. The van der Waals surface area contributed by atoms with Gasteiger partial charge in [0.1, 0.15) is 11.6 Å². The van der Waals surface area contributed by atoms with Crippen LogP contribution in [-0.4, -0.2) is 78.1 Å². The van der Waals surface area contributed by atoms with Crippen LogP contribution in [0.4, 0.5) is 4.79 Å². The molecule has 13 nitrogen and oxygen atoms in total. The minimum Gasteiger partial charge on any atom is -0.469 e. The SMILES string of the molecule is CC(=N)c1ccc(CNC(=O)[C@@H]2C[C@@H](C#N)CN2C(=O)OC(C)(C)C)cc1.COC(=O)[C@H]1CN[C@H](C(=O)NCc2ccc(C(C)=N)cc2)C1.Cl. The van der Waals surface area contributed by atoms with Gasteiger partial charge < -0.3 is 36.2 Å². The van der Waals surface area contributed by atoms with Gasteiger partial charge in [0.05, 0.1) is 31.1 Å². The standard InChI is InChI=1S/C20H26N4O3.C16H21N3O3.ClH/c1-13(22)16-7-5-14(6-8-16)11-23-18(25)17-9-15(10-21)12-24(17)19(26)27-20(2,3)4;1-10(17)12-5-3-11(4-6-12)8-19-15(20)14-7-13(9-18-14)16(21)22-2;/h5-8,15,17,22H,9,11-12H2,1-4H3,(H,23,25);3-6,13-14,17-18H,7-9H2,1-2H3,(H,19,20);1H/t15-,17-;13-,14+;/m01./s1. The maximum absolute atomic E-state index is 12.6. The molecule has 2 aliphatic heterocycles. The van der Waals surface area contributed by atoms with E-state index in [4.69, 9.17) is 20.3 Å². The molecule has 0 radical (unpaired) electrons. The van der Waals surface area contributed by atoms with Crippen molar-refractivity contribution < 1.29 is 28.7 Å². The number of nitrogens with zero attached hydrogens (tertiary/aromatic N) is 2. The summed E-state index contributed by atoms with van der Waals surface area (Å²) in [6.07, 6.45) is 0.184. The Morgan fingerprint density at radius 2 is 1.40 bits per heavy atom. The van der Waals surface area contributed by atoms with Crippen molar-refractivity contribution in [2.45, 2.75) is 78.2 Å². The highest BCUT2D eigenvalue weighted by molar-refractivity contribution is 5.96. The lowest BCUT2D eigenvalue weighted by molar-refractivity contribution is -0.144. The molecule has 0 unspecified atom stereocenters. The summed E-state index contributed by atoms with van der Waals surface area (Å²) in [5, 5.41) is 33.1. The Morgan fingerprint density at radius 3 is 1.84 bits per heavy atom. The molecule has 0 aromatic heterocycles. The van der Waals surface area contributed by atoms with E-state index in [1.54, 1.807) is 34.6 Å². The van der Waals surface area contributed by atoms with E-state index in [0.717, 1.165) is 22.3 Å². The van der Waals surface area contributed by atoms with Gasteiger partial charge in [-0.1, -0.05) is 48.5 Å². The minimum atomic E-state index is -0.715. The topological polar surface area (TPSA) is 198 Å². The van der Waals surface area contributed by atoms with Gasteiger partial charge in [-0.3, -0.25) is 19.3 Å². The summed E-state index contributed by atoms with van der Waals surface area (Å²) in [6, 6.07) is 16.0. The first-order valence-corrected chi connectivity index (χ1v) is 16.2. The van der Waals surface area contributed by atoms with Crippen LogP contribution in [0, 0.1) is 34.0 Å². The van der Waals surface area contributed by atoms with E-state index in [1.165, 1.54) is 12.0 Å².